The van der Waals surface area contributed by atoms with Crippen LogP contribution in [0.4, 0.5) is 0 Å². The average molecular weight is 332 g/mol. The summed E-state index contributed by atoms with van der Waals surface area (Å²) < 4.78 is 5.52. The molecule has 0 saturated heterocycles. The van der Waals surface area contributed by atoms with Crippen molar-refractivity contribution >= 4 is 17.5 Å². The number of nitrogens with zero attached hydrogens (tertiary/aromatic N) is 1. The van der Waals surface area contributed by atoms with E-state index in [1.165, 1.54) is 0 Å². The van der Waals surface area contributed by atoms with Crippen LogP contribution in [-0.4, -0.2) is 29.1 Å². The molecular weight excluding hydrogens is 314 g/mol. The SMILES string of the molecule is O=C(COc1ccc(Cl)cc1)N1CC[C@H](O)c2ccccc2C1. The molecule has 1 heterocycles. The molecule has 1 aliphatic heterocycles. The van der Waals surface area contributed by atoms with Gasteiger partial charge in [0, 0.05) is 18.1 Å². The lowest BCUT2D eigenvalue weighted by Gasteiger charge is -2.21. The van der Waals surface area contributed by atoms with Gasteiger partial charge < -0.3 is 14.7 Å². The number of amides is 1. The van der Waals surface area contributed by atoms with Gasteiger partial charge in [-0.15, -0.1) is 0 Å². The fourth-order valence-electron chi connectivity index (χ4n) is 2.70. The monoisotopic (exact) mass is 331 g/mol. The maximum absolute atomic E-state index is 12.4. The minimum atomic E-state index is -0.527. The van der Waals surface area contributed by atoms with Crippen molar-refractivity contribution in [2.75, 3.05) is 13.2 Å². The second-order valence-corrected chi connectivity index (χ2v) is 6.00. The lowest BCUT2D eigenvalue weighted by atomic mass is 10.0. The van der Waals surface area contributed by atoms with E-state index in [0.717, 1.165) is 11.1 Å². The third kappa shape index (κ3) is 3.84. The molecule has 120 valence electrons. The highest BCUT2D eigenvalue weighted by Gasteiger charge is 2.23. The largest absolute Gasteiger partial charge is 0.484 e. The molecule has 2 aromatic rings. The Morgan fingerprint density at radius 3 is 2.74 bits per heavy atom. The first kappa shape index (κ1) is 15.8. The standard InChI is InChI=1S/C18H18ClNO3/c19-14-5-7-15(8-6-14)23-12-18(22)20-10-9-17(21)16-4-2-1-3-13(16)11-20/h1-8,17,21H,9-12H2/t17-/m0/s1. The van der Waals surface area contributed by atoms with Gasteiger partial charge in [-0.1, -0.05) is 35.9 Å². The van der Waals surface area contributed by atoms with Gasteiger partial charge in [0.2, 0.25) is 0 Å². The Labute approximate surface area is 140 Å². The van der Waals surface area contributed by atoms with Gasteiger partial charge in [-0.2, -0.15) is 0 Å². The van der Waals surface area contributed by atoms with Gasteiger partial charge in [-0.25, -0.2) is 0 Å². The zero-order valence-electron chi connectivity index (χ0n) is 12.6. The number of hydrogen-bond donors (Lipinski definition) is 1. The van der Waals surface area contributed by atoms with Gasteiger partial charge in [-0.05, 0) is 41.8 Å². The maximum Gasteiger partial charge on any atom is 0.260 e. The van der Waals surface area contributed by atoms with Gasteiger partial charge in [0.15, 0.2) is 6.61 Å². The number of fused-ring (bicyclic) bond motifs is 1. The molecule has 1 aliphatic rings. The van der Waals surface area contributed by atoms with Crippen LogP contribution in [0.25, 0.3) is 0 Å². The summed E-state index contributed by atoms with van der Waals surface area (Å²) in [6.45, 7) is 0.981. The first-order chi connectivity index (χ1) is 11.1. The van der Waals surface area contributed by atoms with Gasteiger partial charge in [0.1, 0.15) is 5.75 Å². The molecule has 2 aromatic carbocycles. The molecule has 5 heteroatoms. The van der Waals surface area contributed by atoms with Crippen LogP contribution in [0.5, 0.6) is 5.75 Å². The Bertz CT molecular complexity index is 687. The highest BCUT2D eigenvalue weighted by atomic mass is 35.5. The van der Waals surface area contributed by atoms with E-state index in [9.17, 15) is 9.90 Å². The molecule has 1 amide bonds. The number of rotatable bonds is 3. The van der Waals surface area contributed by atoms with Crippen molar-refractivity contribution in [2.24, 2.45) is 0 Å². The fraction of sp³-hybridized carbons (Fsp3) is 0.278. The number of carbonyl (C=O) groups is 1. The molecule has 0 saturated carbocycles. The van der Waals surface area contributed by atoms with Crippen molar-refractivity contribution in [3.8, 4) is 5.75 Å². The summed E-state index contributed by atoms with van der Waals surface area (Å²) in [5.41, 5.74) is 1.89. The van der Waals surface area contributed by atoms with Crippen LogP contribution in [0.2, 0.25) is 5.02 Å². The van der Waals surface area contributed by atoms with E-state index in [1.54, 1.807) is 29.2 Å². The summed E-state index contributed by atoms with van der Waals surface area (Å²) in [5.74, 6) is 0.516. The summed E-state index contributed by atoms with van der Waals surface area (Å²) in [7, 11) is 0. The van der Waals surface area contributed by atoms with Crippen LogP contribution < -0.4 is 4.74 Å². The van der Waals surface area contributed by atoms with Crippen molar-refractivity contribution in [3.63, 3.8) is 0 Å². The Hall–Kier alpha value is -2.04. The molecule has 23 heavy (non-hydrogen) atoms. The van der Waals surface area contributed by atoms with E-state index < -0.39 is 6.10 Å². The second-order valence-electron chi connectivity index (χ2n) is 5.56. The van der Waals surface area contributed by atoms with Crippen LogP contribution in [0, 0.1) is 0 Å². The van der Waals surface area contributed by atoms with Crippen LogP contribution in [0.1, 0.15) is 23.7 Å². The molecule has 0 aromatic heterocycles. The number of ether oxygens (including phenoxy) is 1. The molecule has 3 rings (SSSR count). The lowest BCUT2D eigenvalue weighted by Crippen LogP contribution is -2.34. The van der Waals surface area contributed by atoms with Crippen molar-refractivity contribution < 1.29 is 14.6 Å². The van der Waals surface area contributed by atoms with E-state index >= 15 is 0 Å². The number of halogens is 1. The topological polar surface area (TPSA) is 49.8 Å². The van der Waals surface area contributed by atoms with Crippen molar-refractivity contribution in [3.05, 3.63) is 64.7 Å². The van der Waals surface area contributed by atoms with Gasteiger partial charge in [0.05, 0.1) is 6.10 Å². The van der Waals surface area contributed by atoms with Crippen molar-refractivity contribution in [2.45, 2.75) is 19.1 Å². The molecule has 0 radical (unpaired) electrons. The molecule has 0 fully saturated rings. The van der Waals surface area contributed by atoms with E-state index in [2.05, 4.69) is 0 Å². The number of aliphatic hydroxyl groups excluding tert-OH is 1. The molecule has 1 atom stereocenters. The zero-order chi connectivity index (χ0) is 16.2. The lowest BCUT2D eigenvalue weighted by molar-refractivity contribution is -0.134. The Kier molecular flexibility index (Phi) is 4.84. The number of aliphatic hydroxyl groups is 1. The number of carbonyl (C=O) groups excluding carboxylic acids is 1. The van der Waals surface area contributed by atoms with Crippen LogP contribution in [0.15, 0.2) is 48.5 Å². The molecular formula is C18H18ClNO3. The van der Waals surface area contributed by atoms with E-state index in [-0.39, 0.29) is 12.5 Å². The predicted octanol–water partition coefficient (Wildman–Crippen LogP) is 3.18. The van der Waals surface area contributed by atoms with Crippen molar-refractivity contribution in [1.29, 1.82) is 0 Å². The zero-order valence-corrected chi connectivity index (χ0v) is 13.4. The summed E-state index contributed by atoms with van der Waals surface area (Å²) >= 11 is 5.82. The third-order valence-corrected chi connectivity index (χ3v) is 4.23. The van der Waals surface area contributed by atoms with Gasteiger partial charge in [0.25, 0.3) is 5.91 Å². The normalized spacial score (nSPS) is 17.3. The fourth-order valence-corrected chi connectivity index (χ4v) is 2.83. The van der Waals surface area contributed by atoms with E-state index in [1.807, 2.05) is 24.3 Å². The molecule has 4 nitrogen and oxygen atoms in total. The predicted molar refractivity (Wildman–Crippen MR) is 88.4 cm³/mol. The first-order valence-electron chi connectivity index (χ1n) is 7.55. The highest BCUT2D eigenvalue weighted by molar-refractivity contribution is 6.30. The van der Waals surface area contributed by atoms with Crippen molar-refractivity contribution in [1.82, 2.24) is 4.90 Å². The Morgan fingerprint density at radius 2 is 1.96 bits per heavy atom. The van der Waals surface area contributed by atoms with E-state index in [4.69, 9.17) is 16.3 Å². The second kappa shape index (κ2) is 7.02. The Morgan fingerprint density at radius 1 is 1.22 bits per heavy atom. The molecule has 0 bridgehead atoms. The quantitative estimate of drug-likeness (QED) is 0.939. The molecule has 0 spiro atoms. The van der Waals surface area contributed by atoms with Crippen LogP contribution >= 0.6 is 11.6 Å². The van der Waals surface area contributed by atoms with Crippen LogP contribution in [-0.2, 0) is 11.3 Å². The van der Waals surface area contributed by atoms with E-state index in [0.29, 0.717) is 30.3 Å². The first-order valence-corrected chi connectivity index (χ1v) is 7.93. The van der Waals surface area contributed by atoms with Gasteiger partial charge in [-0.3, -0.25) is 4.79 Å². The smallest absolute Gasteiger partial charge is 0.260 e. The number of benzene rings is 2. The Balaban J connectivity index is 1.65. The van der Waals surface area contributed by atoms with Gasteiger partial charge >= 0.3 is 0 Å². The minimum absolute atomic E-state index is 0.0279. The minimum Gasteiger partial charge on any atom is -0.484 e. The molecule has 1 N–H and O–H groups in total. The average Bonchev–Trinajstić information content (AvgIpc) is 2.74. The van der Waals surface area contributed by atoms with Crippen LogP contribution in [0.3, 0.4) is 0 Å². The highest BCUT2D eigenvalue weighted by Crippen LogP contribution is 2.26. The number of hydrogen-bond acceptors (Lipinski definition) is 3. The molecule has 0 unspecified atom stereocenters. The third-order valence-electron chi connectivity index (χ3n) is 3.98. The summed E-state index contributed by atoms with van der Waals surface area (Å²) in [4.78, 5) is 14.1. The summed E-state index contributed by atoms with van der Waals surface area (Å²) in [6, 6.07) is 14.6. The summed E-state index contributed by atoms with van der Waals surface area (Å²) in [5, 5.41) is 10.8. The molecule has 0 aliphatic carbocycles. The summed E-state index contributed by atoms with van der Waals surface area (Å²) in [6.07, 6.45) is 0.00476. The maximum atomic E-state index is 12.4.